The third-order valence-corrected chi connectivity index (χ3v) is 7.16. The van der Waals surface area contributed by atoms with Crippen molar-refractivity contribution in [3.05, 3.63) is 35.9 Å². The number of rotatable bonds is 5. The predicted molar refractivity (Wildman–Crippen MR) is 112 cm³/mol. The number of amides is 3. The van der Waals surface area contributed by atoms with E-state index in [4.69, 9.17) is 9.47 Å². The third kappa shape index (κ3) is 3.13. The Morgan fingerprint density at radius 3 is 2.23 bits per heavy atom. The van der Waals surface area contributed by atoms with Gasteiger partial charge in [0.15, 0.2) is 11.5 Å². The first kappa shape index (κ1) is 20.1. The molecular weight excluding hydrogens is 396 g/mol. The van der Waals surface area contributed by atoms with Crippen LogP contribution in [0, 0.1) is 29.6 Å². The van der Waals surface area contributed by atoms with Crippen molar-refractivity contribution >= 4 is 17.7 Å². The first-order chi connectivity index (χ1) is 14.9. The number of imide groups is 1. The Morgan fingerprint density at radius 1 is 1.00 bits per heavy atom. The molecule has 7 nitrogen and oxygen atoms in total. The van der Waals surface area contributed by atoms with Crippen molar-refractivity contribution in [3.8, 4) is 11.5 Å². The number of ether oxygens (including phenoxy) is 2. The fourth-order valence-corrected chi connectivity index (χ4v) is 5.59. The van der Waals surface area contributed by atoms with E-state index in [1.165, 1.54) is 4.90 Å². The first-order valence-corrected chi connectivity index (χ1v) is 11.1. The van der Waals surface area contributed by atoms with Gasteiger partial charge in [-0.05, 0) is 48.8 Å². The molecule has 2 aliphatic heterocycles. The lowest BCUT2D eigenvalue weighted by molar-refractivity contribution is -0.148. The molecular formula is C24H28N2O5. The van der Waals surface area contributed by atoms with Gasteiger partial charge in [0.2, 0.25) is 17.7 Å². The highest BCUT2D eigenvalue weighted by Gasteiger charge is 2.60. The maximum atomic E-state index is 13.2. The van der Waals surface area contributed by atoms with Crippen LogP contribution < -0.4 is 14.8 Å². The van der Waals surface area contributed by atoms with E-state index in [1.54, 1.807) is 6.92 Å². The minimum Gasteiger partial charge on any atom is -0.486 e. The Bertz CT molecular complexity index is 941. The lowest BCUT2D eigenvalue weighted by Crippen LogP contribution is -2.50. The van der Waals surface area contributed by atoms with Crippen LogP contribution in [0.4, 0.5) is 0 Å². The van der Waals surface area contributed by atoms with Crippen LogP contribution in [-0.4, -0.2) is 41.9 Å². The van der Waals surface area contributed by atoms with Crippen molar-refractivity contribution < 1.29 is 23.9 Å². The van der Waals surface area contributed by atoms with E-state index in [0.717, 1.165) is 12.0 Å². The van der Waals surface area contributed by atoms with Crippen LogP contribution in [0.5, 0.6) is 11.5 Å². The molecule has 1 saturated heterocycles. The summed E-state index contributed by atoms with van der Waals surface area (Å²) in [5.41, 5.74) is 0.901. The van der Waals surface area contributed by atoms with Crippen molar-refractivity contribution in [1.82, 2.24) is 10.2 Å². The van der Waals surface area contributed by atoms with Crippen molar-refractivity contribution in [2.24, 2.45) is 29.6 Å². The van der Waals surface area contributed by atoms with E-state index in [1.807, 2.05) is 32.0 Å². The van der Waals surface area contributed by atoms with Gasteiger partial charge in [-0.1, -0.05) is 32.1 Å². The Morgan fingerprint density at radius 2 is 1.61 bits per heavy atom. The van der Waals surface area contributed by atoms with E-state index in [9.17, 15) is 14.4 Å². The van der Waals surface area contributed by atoms with Gasteiger partial charge in [0.25, 0.3) is 0 Å². The molecule has 164 valence electrons. The molecule has 31 heavy (non-hydrogen) atoms. The second-order valence-electron chi connectivity index (χ2n) is 9.36. The average molecular weight is 424 g/mol. The summed E-state index contributed by atoms with van der Waals surface area (Å²) in [6, 6.07) is 4.54. The molecule has 4 aliphatic rings. The van der Waals surface area contributed by atoms with Gasteiger partial charge in [0.1, 0.15) is 19.3 Å². The summed E-state index contributed by atoms with van der Waals surface area (Å²) in [4.78, 5) is 40.5. The van der Waals surface area contributed by atoms with Crippen LogP contribution >= 0.6 is 0 Å². The number of likely N-dealkylation sites (tertiary alicyclic amines) is 1. The van der Waals surface area contributed by atoms with Gasteiger partial charge in [0, 0.05) is 0 Å². The highest BCUT2D eigenvalue weighted by atomic mass is 16.6. The lowest BCUT2D eigenvalue weighted by atomic mass is 9.85. The zero-order valence-electron chi connectivity index (χ0n) is 18.0. The largest absolute Gasteiger partial charge is 0.486 e. The topological polar surface area (TPSA) is 84.9 Å². The molecule has 0 aromatic heterocycles. The second kappa shape index (κ2) is 7.39. The number of carbonyl (C=O) groups is 3. The molecule has 7 heteroatoms. The van der Waals surface area contributed by atoms with Crippen LogP contribution in [0.15, 0.2) is 30.4 Å². The highest BCUT2D eigenvalue weighted by molar-refractivity contribution is 6.09. The Hall–Kier alpha value is -2.83. The number of allylic oxidation sites excluding steroid dienone is 2. The summed E-state index contributed by atoms with van der Waals surface area (Å²) in [5.74, 6) is 0.412. The molecule has 0 unspecified atom stereocenters. The number of benzene rings is 1. The fourth-order valence-electron chi connectivity index (χ4n) is 5.59. The van der Waals surface area contributed by atoms with Gasteiger partial charge in [-0.25, -0.2) is 0 Å². The number of nitrogens with zero attached hydrogens (tertiary/aromatic N) is 1. The molecule has 1 N–H and O–H groups in total. The molecule has 2 aliphatic carbocycles. The molecule has 1 saturated carbocycles. The molecule has 6 atom stereocenters. The number of hydrogen-bond acceptors (Lipinski definition) is 5. The maximum Gasteiger partial charge on any atom is 0.243 e. The third-order valence-electron chi connectivity index (χ3n) is 7.16. The standard InChI is InChI=1S/C24H28N2O5/c1-12(2)21(16-6-7-17-18(11-16)31-9-8-30-17)25-22(27)13(3)26-23(28)19-14-4-5-15(10-14)20(19)24(26)29/h4-7,11-15,19-21H,8-10H2,1-3H3,(H,25,27)/t13-,14-,15-,19-,20-,21-/m0/s1. The molecule has 2 fully saturated rings. The Labute approximate surface area is 181 Å². The number of fused-ring (bicyclic) bond motifs is 6. The molecule has 0 radical (unpaired) electrons. The Kier molecular flexibility index (Phi) is 4.79. The number of hydrogen-bond donors (Lipinski definition) is 1. The van der Waals surface area contributed by atoms with Gasteiger partial charge < -0.3 is 14.8 Å². The van der Waals surface area contributed by atoms with Crippen LogP contribution in [0.3, 0.4) is 0 Å². The summed E-state index contributed by atoms with van der Waals surface area (Å²) in [5, 5.41) is 3.06. The van der Waals surface area contributed by atoms with E-state index in [2.05, 4.69) is 17.5 Å². The molecule has 1 aromatic carbocycles. The van der Waals surface area contributed by atoms with Gasteiger partial charge in [-0.2, -0.15) is 0 Å². The average Bonchev–Trinajstić information content (AvgIpc) is 3.44. The van der Waals surface area contributed by atoms with Crippen LogP contribution in [-0.2, 0) is 14.4 Å². The maximum absolute atomic E-state index is 13.2. The van der Waals surface area contributed by atoms with E-state index < -0.39 is 6.04 Å². The monoisotopic (exact) mass is 424 g/mol. The molecule has 2 heterocycles. The first-order valence-electron chi connectivity index (χ1n) is 11.1. The van der Waals surface area contributed by atoms with Crippen molar-refractivity contribution in [2.75, 3.05) is 13.2 Å². The zero-order chi connectivity index (χ0) is 21.9. The van der Waals surface area contributed by atoms with E-state index >= 15 is 0 Å². The van der Waals surface area contributed by atoms with Crippen LogP contribution in [0.25, 0.3) is 0 Å². The quantitative estimate of drug-likeness (QED) is 0.580. The highest BCUT2D eigenvalue weighted by Crippen LogP contribution is 2.52. The Balaban J connectivity index is 1.33. The summed E-state index contributed by atoms with van der Waals surface area (Å²) in [6.07, 6.45) is 4.99. The normalized spacial score (nSPS) is 30.0. The van der Waals surface area contributed by atoms with Crippen molar-refractivity contribution in [3.63, 3.8) is 0 Å². The molecule has 1 aromatic rings. The molecule has 0 spiro atoms. The zero-order valence-corrected chi connectivity index (χ0v) is 18.0. The number of carbonyl (C=O) groups excluding carboxylic acids is 3. The number of nitrogens with one attached hydrogen (secondary N) is 1. The minimum atomic E-state index is -0.844. The van der Waals surface area contributed by atoms with Crippen molar-refractivity contribution in [1.29, 1.82) is 0 Å². The summed E-state index contributed by atoms with van der Waals surface area (Å²) in [6.45, 7) is 6.69. The molecule has 3 amide bonds. The minimum absolute atomic E-state index is 0.100. The summed E-state index contributed by atoms with van der Waals surface area (Å²) < 4.78 is 11.3. The summed E-state index contributed by atoms with van der Waals surface area (Å²) in [7, 11) is 0. The van der Waals surface area contributed by atoms with Crippen LogP contribution in [0.2, 0.25) is 0 Å². The smallest absolute Gasteiger partial charge is 0.243 e. The van der Waals surface area contributed by atoms with Crippen LogP contribution in [0.1, 0.15) is 38.8 Å². The van der Waals surface area contributed by atoms with E-state index in [0.29, 0.717) is 24.7 Å². The molecule has 2 bridgehead atoms. The second-order valence-corrected chi connectivity index (χ2v) is 9.36. The fraction of sp³-hybridized carbons (Fsp3) is 0.542. The van der Waals surface area contributed by atoms with E-state index in [-0.39, 0.29) is 53.4 Å². The lowest BCUT2D eigenvalue weighted by Gasteiger charge is -2.29. The predicted octanol–water partition coefficient (Wildman–Crippen LogP) is 2.47. The van der Waals surface area contributed by atoms with Gasteiger partial charge >= 0.3 is 0 Å². The van der Waals surface area contributed by atoms with Crippen molar-refractivity contribution in [2.45, 2.75) is 39.3 Å². The SMILES string of the molecule is CC(C)[C@H](NC(=O)[C@H](C)N1C(=O)[C@@H]2[C@@H](C1=O)[C@H]1C=C[C@H]2C1)c1ccc2c(c1)OCCO2. The van der Waals surface area contributed by atoms with Gasteiger partial charge in [-0.15, -0.1) is 0 Å². The van der Waals surface area contributed by atoms with Gasteiger partial charge in [0.05, 0.1) is 17.9 Å². The molecule has 5 rings (SSSR count). The summed E-state index contributed by atoms with van der Waals surface area (Å²) >= 11 is 0. The van der Waals surface area contributed by atoms with Gasteiger partial charge in [-0.3, -0.25) is 19.3 Å².